The van der Waals surface area contributed by atoms with E-state index in [0.717, 1.165) is 58.3 Å². The van der Waals surface area contributed by atoms with Gasteiger partial charge in [-0.15, -0.1) is 0 Å². The van der Waals surface area contributed by atoms with Crippen molar-refractivity contribution in [1.82, 2.24) is 10.3 Å². The Balaban J connectivity index is 1.67. The Morgan fingerprint density at radius 3 is 2.65 bits per heavy atom. The van der Waals surface area contributed by atoms with Crippen molar-refractivity contribution < 1.29 is 14.7 Å². The molecule has 34 heavy (non-hydrogen) atoms. The van der Waals surface area contributed by atoms with E-state index in [4.69, 9.17) is 16.6 Å². The minimum Gasteiger partial charge on any atom is -0.481 e. The summed E-state index contributed by atoms with van der Waals surface area (Å²) in [6.07, 6.45) is 2.60. The number of benzene rings is 2. The van der Waals surface area contributed by atoms with Crippen LogP contribution in [0.4, 0.5) is 5.82 Å². The Kier molecular flexibility index (Phi) is 7.73. The molecule has 178 valence electrons. The molecule has 0 saturated carbocycles. The first-order chi connectivity index (χ1) is 16.3. The van der Waals surface area contributed by atoms with Gasteiger partial charge in [0.15, 0.2) is 0 Å². The molecule has 1 aliphatic heterocycles. The number of halogens is 2. The summed E-state index contributed by atoms with van der Waals surface area (Å²) in [6.45, 7) is 4.10. The van der Waals surface area contributed by atoms with E-state index in [1.54, 1.807) is 6.07 Å². The molecule has 8 heteroatoms. The first-order valence-corrected chi connectivity index (χ1v) is 12.6. The van der Waals surface area contributed by atoms with E-state index < -0.39 is 5.97 Å². The zero-order valence-electron chi connectivity index (χ0n) is 19.0. The number of fused-ring (bicyclic) bond motifs is 1. The van der Waals surface area contributed by atoms with Gasteiger partial charge in [-0.3, -0.25) is 9.59 Å². The lowest BCUT2D eigenvalue weighted by atomic mass is 9.93. The second-order valence-electron chi connectivity index (χ2n) is 8.65. The van der Waals surface area contributed by atoms with Crippen molar-refractivity contribution in [1.29, 1.82) is 0 Å². The maximum Gasteiger partial charge on any atom is 0.303 e. The predicted octanol–water partition coefficient (Wildman–Crippen LogP) is 5.94. The normalized spacial score (nSPS) is 14.4. The van der Waals surface area contributed by atoms with Crippen molar-refractivity contribution in [2.24, 2.45) is 0 Å². The summed E-state index contributed by atoms with van der Waals surface area (Å²) in [5.41, 5.74) is 3.06. The van der Waals surface area contributed by atoms with Crippen LogP contribution in [-0.2, 0) is 4.79 Å². The number of carboxylic acid groups (broad SMARTS) is 1. The summed E-state index contributed by atoms with van der Waals surface area (Å²) in [5, 5.41) is 13.6. The molecule has 0 radical (unpaired) electrons. The maximum absolute atomic E-state index is 13.6. The van der Waals surface area contributed by atoms with E-state index in [2.05, 4.69) is 26.1 Å². The summed E-state index contributed by atoms with van der Waals surface area (Å²) in [4.78, 5) is 32.0. The van der Waals surface area contributed by atoms with Crippen LogP contribution in [0.3, 0.4) is 0 Å². The van der Waals surface area contributed by atoms with Crippen molar-refractivity contribution in [2.45, 2.75) is 38.5 Å². The Morgan fingerprint density at radius 2 is 1.94 bits per heavy atom. The Hall–Kier alpha value is -2.64. The van der Waals surface area contributed by atoms with Gasteiger partial charge in [0, 0.05) is 52.4 Å². The number of carbonyl (C=O) groups excluding carboxylic acids is 1. The molecule has 6 nitrogen and oxygen atoms in total. The fraction of sp³-hybridized carbons (Fsp3) is 0.346. The average molecular weight is 545 g/mol. The van der Waals surface area contributed by atoms with Gasteiger partial charge in [-0.2, -0.15) is 0 Å². The first-order valence-electron chi connectivity index (χ1n) is 11.4. The molecule has 1 atom stereocenters. The molecule has 2 N–H and O–H groups in total. The fourth-order valence-corrected chi connectivity index (χ4v) is 5.27. The molecule has 1 saturated heterocycles. The summed E-state index contributed by atoms with van der Waals surface area (Å²) < 4.78 is 0.875. The lowest BCUT2D eigenvalue weighted by Crippen LogP contribution is -2.30. The van der Waals surface area contributed by atoms with Crippen LogP contribution in [-0.4, -0.2) is 41.6 Å². The van der Waals surface area contributed by atoms with Crippen LogP contribution in [0.2, 0.25) is 5.02 Å². The van der Waals surface area contributed by atoms with Gasteiger partial charge < -0.3 is 15.3 Å². The van der Waals surface area contributed by atoms with Crippen molar-refractivity contribution in [2.75, 3.05) is 24.5 Å². The molecule has 0 bridgehead atoms. The van der Waals surface area contributed by atoms with Crippen molar-refractivity contribution >= 4 is 56.1 Å². The number of pyridine rings is 1. The van der Waals surface area contributed by atoms with E-state index >= 15 is 0 Å². The fourth-order valence-electron chi connectivity index (χ4n) is 4.62. The number of hydrogen-bond donors (Lipinski definition) is 2. The highest BCUT2D eigenvalue weighted by atomic mass is 79.9. The number of carboxylic acids is 1. The molecule has 1 fully saturated rings. The van der Waals surface area contributed by atoms with Crippen LogP contribution < -0.4 is 10.2 Å². The van der Waals surface area contributed by atoms with Crippen LogP contribution in [0, 0.1) is 6.92 Å². The van der Waals surface area contributed by atoms with Gasteiger partial charge in [-0.05, 0) is 56.0 Å². The molecule has 4 rings (SSSR count). The number of nitrogens with zero attached hydrogens (tertiary/aromatic N) is 2. The van der Waals surface area contributed by atoms with E-state index in [1.165, 1.54) is 0 Å². The zero-order chi connectivity index (χ0) is 24.2. The number of carbonyl (C=O) groups is 2. The third-order valence-electron chi connectivity index (χ3n) is 6.36. The van der Waals surface area contributed by atoms with Gasteiger partial charge in [0.1, 0.15) is 5.82 Å². The lowest BCUT2D eigenvalue weighted by molar-refractivity contribution is -0.137. The SMILES string of the molecule is Cc1c(N2CCCC2)nc2ccc(Br)cc2c1C(=O)NCC(CCC(=O)O)c1ccccc1Cl. The topological polar surface area (TPSA) is 82.5 Å². The zero-order valence-corrected chi connectivity index (χ0v) is 21.3. The van der Waals surface area contributed by atoms with Gasteiger partial charge in [-0.25, -0.2) is 4.98 Å². The van der Waals surface area contributed by atoms with Gasteiger partial charge >= 0.3 is 5.97 Å². The molecule has 2 heterocycles. The first kappa shape index (κ1) is 24.5. The molecule has 2 aromatic carbocycles. The molecule has 1 aliphatic rings. The third kappa shape index (κ3) is 5.36. The second-order valence-corrected chi connectivity index (χ2v) is 9.97. The summed E-state index contributed by atoms with van der Waals surface area (Å²) >= 11 is 9.92. The van der Waals surface area contributed by atoms with Gasteiger partial charge in [-0.1, -0.05) is 45.7 Å². The van der Waals surface area contributed by atoms with Gasteiger partial charge in [0.05, 0.1) is 11.1 Å². The van der Waals surface area contributed by atoms with E-state index in [0.29, 0.717) is 17.0 Å². The number of amides is 1. The van der Waals surface area contributed by atoms with E-state index in [-0.39, 0.29) is 24.8 Å². The van der Waals surface area contributed by atoms with Crippen LogP contribution in [0.25, 0.3) is 10.9 Å². The minimum atomic E-state index is -0.876. The van der Waals surface area contributed by atoms with Crippen LogP contribution >= 0.6 is 27.5 Å². The highest BCUT2D eigenvalue weighted by Gasteiger charge is 2.24. The molecule has 1 aromatic heterocycles. The highest BCUT2D eigenvalue weighted by molar-refractivity contribution is 9.10. The molecule has 0 spiro atoms. The third-order valence-corrected chi connectivity index (χ3v) is 7.20. The highest BCUT2D eigenvalue weighted by Crippen LogP contribution is 2.32. The molecule has 1 unspecified atom stereocenters. The lowest BCUT2D eigenvalue weighted by Gasteiger charge is -2.23. The Labute approximate surface area is 212 Å². The van der Waals surface area contributed by atoms with Crippen molar-refractivity contribution in [3.05, 3.63) is 68.7 Å². The van der Waals surface area contributed by atoms with Crippen LogP contribution in [0.15, 0.2) is 46.9 Å². The average Bonchev–Trinajstić information content (AvgIpc) is 3.34. The van der Waals surface area contributed by atoms with E-state index in [9.17, 15) is 14.7 Å². The largest absolute Gasteiger partial charge is 0.481 e. The Morgan fingerprint density at radius 1 is 1.21 bits per heavy atom. The standard InChI is InChI=1S/C26H27BrClN3O3/c1-16-24(20-14-18(27)9-10-22(20)30-25(16)31-12-4-5-13-31)26(34)29-15-17(8-11-23(32)33)19-6-2-3-7-21(19)28/h2-3,6-7,9-10,14,17H,4-5,8,11-13,15H2,1H3,(H,29,34)(H,32,33). The monoisotopic (exact) mass is 543 g/mol. The maximum atomic E-state index is 13.6. The smallest absolute Gasteiger partial charge is 0.303 e. The number of aliphatic carboxylic acids is 1. The molecule has 0 aliphatic carbocycles. The molecular formula is C26H27BrClN3O3. The number of rotatable bonds is 8. The quantitative estimate of drug-likeness (QED) is 0.367. The number of anilines is 1. The Bertz CT molecular complexity index is 1230. The molecule has 3 aromatic rings. The van der Waals surface area contributed by atoms with Gasteiger partial charge in [0.25, 0.3) is 5.91 Å². The van der Waals surface area contributed by atoms with Gasteiger partial charge in [0.2, 0.25) is 0 Å². The summed E-state index contributed by atoms with van der Waals surface area (Å²) in [6, 6.07) is 13.2. The van der Waals surface area contributed by atoms with E-state index in [1.807, 2.05) is 43.3 Å². The van der Waals surface area contributed by atoms with Crippen molar-refractivity contribution in [3.8, 4) is 0 Å². The number of hydrogen-bond acceptors (Lipinski definition) is 4. The number of nitrogens with one attached hydrogen (secondary N) is 1. The molecule has 1 amide bonds. The summed E-state index contributed by atoms with van der Waals surface area (Å²) in [5.74, 6) is -0.437. The minimum absolute atomic E-state index is 0.00493. The predicted molar refractivity (Wildman–Crippen MR) is 139 cm³/mol. The summed E-state index contributed by atoms with van der Waals surface area (Å²) in [7, 11) is 0. The number of aromatic nitrogens is 1. The molecular weight excluding hydrogens is 518 g/mol. The van der Waals surface area contributed by atoms with Crippen LogP contribution in [0.1, 0.15) is 53.1 Å². The van der Waals surface area contributed by atoms with Crippen molar-refractivity contribution in [3.63, 3.8) is 0 Å². The van der Waals surface area contributed by atoms with Crippen LogP contribution in [0.5, 0.6) is 0 Å². The second kappa shape index (κ2) is 10.7.